The molecule has 1 aromatic rings. The number of rotatable bonds is 3. The Hall–Kier alpha value is -1.85. The molecule has 2 unspecified atom stereocenters. The van der Waals surface area contributed by atoms with Crippen molar-refractivity contribution in [3.63, 3.8) is 0 Å². The van der Waals surface area contributed by atoms with Crippen LogP contribution < -0.4 is 10.6 Å². The molecule has 0 aromatic carbocycles. The summed E-state index contributed by atoms with van der Waals surface area (Å²) < 4.78 is 0. The van der Waals surface area contributed by atoms with Gasteiger partial charge in [0.25, 0.3) is 0 Å². The standard InChI is InChI=1S/C19H28N4O2/c24-17-8-4-7-15(21-17)19(25)20-13-9-10-14-16(11-13)23-18(22-14)12-5-2-1-3-6-12/h12-13,15H,1-11H2,(H,20,25)(H,21,24)(H,22,23). The molecule has 2 amide bonds. The van der Waals surface area contributed by atoms with Crippen molar-refractivity contribution in [2.45, 2.75) is 88.6 Å². The van der Waals surface area contributed by atoms with Gasteiger partial charge in [-0.05, 0) is 38.5 Å². The molecule has 0 radical (unpaired) electrons. The summed E-state index contributed by atoms with van der Waals surface area (Å²) in [6, 6.07) is -0.222. The topological polar surface area (TPSA) is 86.9 Å². The number of hydrogen-bond donors (Lipinski definition) is 3. The maximum absolute atomic E-state index is 12.4. The predicted octanol–water partition coefficient (Wildman–Crippen LogP) is 2.10. The molecule has 3 N–H and O–H groups in total. The molecule has 0 spiro atoms. The molecular formula is C19H28N4O2. The summed E-state index contributed by atoms with van der Waals surface area (Å²) in [5, 5.41) is 5.94. The second-order valence-corrected chi connectivity index (χ2v) is 7.84. The Morgan fingerprint density at radius 2 is 1.88 bits per heavy atom. The van der Waals surface area contributed by atoms with Crippen LogP contribution >= 0.6 is 0 Å². The number of fused-ring (bicyclic) bond motifs is 1. The maximum atomic E-state index is 12.4. The normalized spacial score (nSPS) is 27.4. The number of hydrogen-bond acceptors (Lipinski definition) is 3. The van der Waals surface area contributed by atoms with E-state index in [9.17, 15) is 9.59 Å². The van der Waals surface area contributed by atoms with Gasteiger partial charge in [0.05, 0.1) is 5.69 Å². The highest BCUT2D eigenvalue weighted by molar-refractivity contribution is 5.88. The van der Waals surface area contributed by atoms with Crippen molar-refractivity contribution >= 4 is 11.8 Å². The summed E-state index contributed by atoms with van der Waals surface area (Å²) in [7, 11) is 0. The minimum Gasteiger partial charge on any atom is -0.351 e. The van der Waals surface area contributed by atoms with E-state index >= 15 is 0 Å². The number of H-pyrrole nitrogens is 1. The molecule has 1 saturated heterocycles. The van der Waals surface area contributed by atoms with E-state index in [4.69, 9.17) is 4.98 Å². The molecular weight excluding hydrogens is 316 g/mol. The molecule has 1 aromatic heterocycles. The summed E-state index contributed by atoms with van der Waals surface area (Å²) in [5.74, 6) is 1.71. The fraction of sp³-hybridized carbons (Fsp3) is 0.737. The van der Waals surface area contributed by atoms with Gasteiger partial charge in [-0.1, -0.05) is 19.3 Å². The minimum absolute atomic E-state index is 0.0111. The second kappa shape index (κ2) is 7.18. The number of carbonyl (C=O) groups excluding carboxylic acids is 2. The van der Waals surface area contributed by atoms with Gasteiger partial charge < -0.3 is 15.6 Å². The van der Waals surface area contributed by atoms with Crippen molar-refractivity contribution in [3.8, 4) is 0 Å². The Bertz CT molecular complexity index is 648. The van der Waals surface area contributed by atoms with Gasteiger partial charge in [-0.3, -0.25) is 9.59 Å². The van der Waals surface area contributed by atoms with Gasteiger partial charge in [0.2, 0.25) is 11.8 Å². The third-order valence-corrected chi connectivity index (χ3v) is 5.95. The molecule has 4 rings (SSSR count). The lowest BCUT2D eigenvalue weighted by atomic mass is 9.89. The quantitative estimate of drug-likeness (QED) is 0.785. The van der Waals surface area contributed by atoms with Crippen LogP contribution in [-0.2, 0) is 22.4 Å². The largest absolute Gasteiger partial charge is 0.351 e. The van der Waals surface area contributed by atoms with Crippen LogP contribution in [0.5, 0.6) is 0 Å². The number of aryl methyl sites for hydroxylation is 1. The van der Waals surface area contributed by atoms with Gasteiger partial charge in [0, 0.05) is 30.5 Å². The zero-order valence-electron chi connectivity index (χ0n) is 14.8. The van der Waals surface area contributed by atoms with Crippen LogP contribution in [0.1, 0.15) is 80.9 Å². The average Bonchev–Trinajstić information content (AvgIpc) is 3.06. The van der Waals surface area contributed by atoms with Crippen LogP contribution in [0.2, 0.25) is 0 Å². The van der Waals surface area contributed by atoms with Crippen LogP contribution in [0.3, 0.4) is 0 Å². The summed E-state index contributed by atoms with van der Waals surface area (Å²) in [5.41, 5.74) is 2.39. The summed E-state index contributed by atoms with van der Waals surface area (Å²) in [6.07, 6.45) is 11.2. The molecule has 6 nitrogen and oxygen atoms in total. The molecule has 2 aliphatic carbocycles. The van der Waals surface area contributed by atoms with Crippen molar-refractivity contribution in [3.05, 3.63) is 17.2 Å². The molecule has 2 heterocycles. The Kier molecular flexibility index (Phi) is 4.77. The predicted molar refractivity (Wildman–Crippen MR) is 94.2 cm³/mol. The van der Waals surface area contributed by atoms with Crippen molar-refractivity contribution in [2.75, 3.05) is 0 Å². The second-order valence-electron chi connectivity index (χ2n) is 7.84. The summed E-state index contributed by atoms with van der Waals surface area (Å²) in [6.45, 7) is 0. The van der Waals surface area contributed by atoms with E-state index in [-0.39, 0.29) is 23.9 Å². The van der Waals surface area contributed by atoms with E-state index in [1.807, 2.05) is 0 Å². The number of nitrogens with one attached hydrogen (secondary N) is 3. The molecule has 6 heteroatoms. The van der Waals surface area contributed by atoms with Crippen LogP contribution in [0.25, 0.3) is 0 Å². The number of nitrogens with zero attached hydrogens (tertiary/aromatic N) is 1. The summed E-state index contributed by atoms with van der Waals surface area (Å²) in [4.78, 5) is 32.3. The Labute approximate surface area is 148 Å². The van der Waals surface area contributed by atoms with Crippen LogP contribution in [-0.4, -0.2) is 33.9 Å². The number of imidazole rings is 1. The van der Waals surface area contributed by atoms with Crippen molar-refractivity contribution < 1.29 is 9.59 Å². The number of amides is 2. The third-order valence-electron chi connectivity index (χ3n) is 5.95. The Balaban J connectivity index is 1.36. The van der Waals surface area contributed by atoms with Gasteiger partial charge in [-0.2, -0.15) is 0 Å². The molecule has 1 saturated carbocycles. The summed E-state index contributed by atoms with van der Waals surface area (Å²) >= 11 is 0. The van der Waals surface area contributed by atoms with E-state index in [0.29, 0.717) is 12.3 Å². The highest BCUT2D eigenvalue weighted by Crippen LogP contribution is 2.32. The van der Waals surface area contributed by atoms with E-state index in [1.54, 1.807) is 0 Å². The zero-order valence-corrected chi connectivity index (χ0v) is 14.8. The zero-order chi connectivity index (χ0) is 17.2. The number of aromatic nitrogens is 2. The molecule has 136 valence electrons. The van der Waals surface area contributed by atoms with Crippen molar-refractivity contribution in [2.24, 2.45) is 0 Å². The lowest BCUT2D eigenvalue weighted by Gasteiger charge is -2.27. The molecule has 3 aliphatic rings. The van der Waals surface area contributed by atoms with Gasteiger partial charge >= 0.3 is 0 Å². The van der Waals surface area contributed by atoms with Gasteiger partial charge in [-0.15, -0.1) is 0 Å². The van der Waals surface area contributed by atoms with Crippen LogP contribution in [0.4, 0.5) is 0 Å². The number of piperidine rings is 1. The molecule has 25 heavy (non-hydrogen) atoms. The monoisotopic (exact) mass is 344 g/mol. The SMILES string of the molecule is O=C1CCCC(C(=O)NC2CCc3nc(C4CCCCC4)[nH]c3C2)N1. The van der Waals surface area contributed by atoms with E-state index in [2.05, 4.69) is 15.6 Å². The van der Waals surface area contributed by atoms with Crippen molar-refractivity contribution in [1.82, 2.24) is 20.6 Å². The fourth-order valence-corrected chi connectivity index (χ4v) is 4.50. The highest BCUT2D eigenvalue weighted by Gasteiger charge is 2.29. The van der Waals surface area contributed by atoms with E-state index in [0.717, 1.165) is 37.9 Å². The molecule has 2 atom stereocenters. The third kappa shape index (κ3) is 3.72. The fourth-order valence-electron chi connectivity index (χ4n) is 4.50. The lowest BCUT2D eigenvalue weighted by molar-refractivity contribution is -0.131. The molecule has 1 aliphatic heterocycles. The molecule has 2 fully saturated rings. The Morgan fingerprint density at radius 3 is 2.68 bits per heavy atom. The lowest BCUT2D eigenvalue weighted by Crippen LogP contribution is -2.52. The first-order chi connectivity index (χ1) is 12.2. The maximum Gasteiger partial charge on any atom is 0.242 e. The van der Waals surface area contributed by atoms with Gasteiger partial charge in [-0.25, -0.2) is 4.98 Å². The van der Waals surface area contributed by atoms with Crippen molar-refractivity contribution in [1.29, 1.82) is 0 Å². The van der Waals surface area contributed by atoms with E-state index in [1.165, 1.54) is 43.5 Å². The first-order valence-electron chi connectivity index (χ1n) is 9.86. The first kappa shape index (κ1) is 16.6. The van der Waals surface area contributed by atoms with E-state index < -0.39 is 0 Å². The number of aromatic amines is 1. The number of carbonyl (C=O) groups is 2. The van der Waals surface area contributed by atoms with Gasteiger partial charge in [0.1, 0.15) is 11.9 Å². The molecule has 0 bridgehead atoms. The van der Waals surface area contributed by atoms with Crippen LogP contribution in [0.15, 0.2) is 0 Å². The highest BCUT2D eigenvalue weighted by atomic mass is 16.2. The Morgan fingerprint density at radius 1 is 1.04 bits per heavy atom. The first-order valence-corrected chi connectivity index (χ1v) is 9.86. The van der Waals surface area contributed by atoms with Crippen LogP contribution in [0, 0.1) is 0 Å². The van der Waals surface area contributed by atoms with Gasteiger partial charge in [0.15, 0.2) is 0 Å². The average molecular weight is 344 g/mol. The smallest absolute Gasteiger partial charge is 0.242 e. The minimum atomic E-state index is -0.359.